The van der Waals surface area contributed by atoms with Crippen molar-refractivity contribution in [3.63, 3.8) is 0 Å². The number of benzene rings is 1. The van der Waals surface area contributed by atoms with Gasteiger partial charge < -0.3 is 15.3 Å². The Kier molecular flexibility index (Phi) is 5.46. The summed E-state index contributed by atoms with van der Waals surface area (Å²) in [4.78, 5) is 41.9. The standard InChI is InChI=1S/C19H19N3O4S/c1-11-4-3-5-14(12(11)2)21-17(23)16-9-27-10-22(16)18(24)13-6-7-20-15(8-13)19(25)26/h3-8,16H,9-10H2,1-2H3,(H,21,23)(H,25,26). The fraction of sp³-hybridized carbons (Fsp3) is 0.263. The fourth-order valence-corrected chi connectivity index (χ4v) is 3.96. The van der Waals surface area contributed by atoms with Gasteiger partial charge in [-0.15, -0.1) is 11.8 Å². The monoisotopic (exact) mass is 385 g/mol. The van der Waals surface area contributed by atoms with Crippen LogP contribution in [0.1, 0.15) is 32.0 Å². The Hall–Kier alpha value is -2.87. The first kappa shape index (κ1) is 18.9. The summed E-state index contributed by atoms with van der Waals surface area (Å²) in [6.45, 7) is 3.90. The molecule has 1 fully saturated rings. The van der Waals surface area contributed by atoms with Crippen molar-refractivity contribution in [3.05, 3.63) is 58.9 Å². The lowest BCUT2D eigenvalue weighted by molar-refractivity contribution is -0.119. The lowest BCUT2D eigenvalue weighted by Gasteiger charge is -2.23. The molecule has 8 heteroatoms. The van der Waals surface area contributed by atoms with Gasteiger partial charge in [0.15, 0.2) is 0 Å². The van der Waals surface area contributed by atoms with E-state index in [0.29, 0.717) is 11.6 Å². The van der Waals surface area contributed by atoms with Crippen LogP contribution < -0.4 is 5.32 Å². The second-order valence-electron chi connectivity index (χ2n) is 6.26. The molecule has 140 valence electrons. The summed E-state index contributed by atoms with van der Waals surface area (Å²) in [7, 11) is 0. The van der Waals surface area contributed by atoms with Gasteiger partial charge in [0.2, 0.25) is 5.91 Å². The summed E-state index contributed by atoms with van der Waals surface area (Å²) in [6.07, 6.45) is 1.28. The molecule has 27 heavy (non-hydrogen) atoms. The van der Waals surface area contributed by atoms with Gasteiger partial charge in [-0.2, -0.15) is 0 Å². The van der Waals surface area contributed by atoms with Crippen molar-refractivity contribution in [1.82, 2.24) is 9.88 Å². The quantitative estimate of drug-likeness (QED) is 0.839. The summed E-state index contributed by atoms with van der Waals surface area (Å²) in [5.74, 6) is -0.987. The van der Waals surface area contributed by atoms with Crippen molar-refractivity contribution in [2.75, 3.05) is 16.9 Å². The van der Waals surface area contributed by atoms with Gasteiger partial charge in [0.25, 0.3) is 5.91 Å². The van der Waals surface area contributed by atoms with E-state index < -0.39 is 12.0 Å². The van der Waals surface area contributed by atoms with E-state index in [1.54, 1.807) is 0 Å². The van der Waals surface area contributed by atoms with E-state index in [-0.39, 0.29) is 23.1 Å². The number of rotatable bonds is 4. The third kappa shape index (κ3) is 3.95. The minimum absolute atomic E-state index is 0.203. The lowest BCUT2D eigenvalue weighted by Crippen LogP contribution is -2.44. The normalized spacial score (nSPS) is 16.2. The Morgan fingerprint density at radius 2 is 2.04 bits per heavy atom. The molecule has 7 nitrogen and oxygen atoms in total. The first-order chi connectivity index (χ1) is 12.9. The number of carbonyl (C=O) groups excluding carboxylic acids is 2. The smallest absolute Gasteiger partial charge is 0.354 e. The van der Waals surface area contributed by atoms with Crippen LogP contribution in [0.3, 0.4) is 0 Å². The number of anilines is 1. The molecule has 2 amide bonds. The number of aromatic nitrogens is 1. The molecule has 1 aromatic carbocycles. The Labute approximate surface area is 160 Å². The van der Waals surface area contributed by atoms with Crippen LogP contribution in [0.15, 0.2) is 36.5 Å². The van der Waals surface area contributed by atoms with Crippen LogP contribution in [0, 0.1) is 13.8 Å². The van der Waals surface area contributed by atoms with Gasteiger partial charge in [-0.3, -0.25) is 9.59 Å². The highest BCUT2D eigenvalue weighted by molar-refractivity contribution is 7.99. The fourth-order valence-electron chi connectivity index (χ4n) is 2.81. The summed E-state index contributed by atoms with van der Waals surface area (Å²) in [6, 6.07) is 7.73. The highest BCUT2D eigenvalue weighted by Gasteiger charge is 2.35. The number of thioether (sulfide) groups is 1. The molecule has 2 aromatic rings. The van der Waals surface area contributed by atoms with E-state index in [1.165, 1.54) is 35.0 Å². The first-order valence-corrected chi connectivity index (χ1v) is 9.49. The van der Waals surface area contributed by atoms with Gasteiger partial charge in [-0.1, -0.05) is 12.1 Å². The number of hydrogen-bond acceptors (Lipinski definition) is 5. The lowest BCUT2D eigenvalue weighted by atomic mass is 10.1. The van der Waals surface area contributed by atoms with Gasteiger partial charge in [0.05, 0.1) is 5.88 Å². The van der Waals surface area contributed by atoms with Crippen molar-refractivity contribution < 1.29 is 19.5 Å². The molecular formula is C19H19N3O4S. The largest absolute Gasteiger partial charge is 0.477 e. The van der Waals surface area contributed by atoms with Gasteiger partial charge in [-0.05, 0) is 43.2 Å². The van der Waals surface area contributed by atoms with E-state index in [1.807, 2.05) is 32.0 Å². The van der Waals surface area contributed by atoms with Crippen LogP contribution >= 0.6 is 11.8 Å². The van der Waals surface area contributed by atoms with Crippen molar-refractivity contribution in [2.45, 2.75) is 19.9 Å². The number of carboxylic acid groups (broad SMARTS) is 1. The van der Waals surface area contributed by atoms with Crippen LogP contribution in [0.25, 0.3) is 0 Å². The number of carboxylic acids is 1. The number of hydrogen-bond donors (Lipinski definition) is 2. The molecular weight excluding hydrogens is 366 g/mol. The number of nitrogens with one attached hydrogen (secondary N) is 1. The van der Waals surface area contributed by atoms with E-state index in [4.69, 9.17) is 5.11 Å². The molecule has 1 aromatic heterocycles. The van der Waals surface area contributed by atoms with Crippen LogP contribution in [0.4, 0.5) is 5.69 Å². The molecule has 1 saturated heterocycles. The van der Waals surface area contributed by atoms with Crippen molar-refractivity contribution in [1.29, 1.82) is 0 Å². The van der Waals surface area contributed by atoms with E-state index in [0.717, 1.165) is 16.8 Å². The van der Waals surface area contributed by atoms with Crippen LogP contribution in [-0.2, 0) is 4.79 Å². The molecule has 2 heterocycles. The Bertz CT molecular complexity index is 916. The molecule has 1 atom stereocenters. The van der Waals surface area contributed by atoms with Crippen molar-refractivity contribution >= 4 is 35.2 Å². The second-order valence-corrected chi connectivity index (χ2v) is 7.26. The van der Waals surface area contributed by atoms with Crippen molar-refractivity contribution in [2.24, 2.45) is 0 Å². The summed E-state index contributed by atoms with van der Waals surface area (Å²) >= 11 is 1.48. The van der Waals surface area contributed by atoms with E-state index >= 15 is 0 Å². The van der Waals surface area contributed by atoms with E-state index in [9.17, 15) is 14.4 Å². The highest BCUT2D eigenvalue weighted by Crippen LogP contribution is 2.25. The summed E-state index contributed by atoms with van der Waals surface area (Å²) < 4.78 is 0. The van der Waals surface area contributed by atoms with Gasteiger partial charge in [-0.25, -0.2) is 9.78 Å². The summed E-state index contributed by atoms with van der Waals surface area (Å²) in [5.41, 5.74) is 2.77. The maximum atomic E-state index is 12.8. The summed E-state index contributed by atoms with van der Waals surface area (Å²) in [5, 5.41) is 12.0. The molecule has 0 aliphatic carbocycles. The zero-order chi connectivity index (χ0) is 19.6. The van der Waals surface area contributed by atoms with Crippen LogP contribution in [-0.4, -0.2) is 50.4 Å². The molecule has 1 aliphatic rings. The molecule has 1 aliphatic heterocycles. The first-order valence-electron chi connectivity index (χ1n) is 8.33. The average Bonchev–Trinajstić information content (AvgIpc) is 3.15. The molecule has 0 bridgehead atoms. The minimum atomic E-state index is -1.20. The Morgan fingerprint density at radius 3 is 2.78 bits per heavy atom. The molecule has 2 N–H and O–H groups in total. The van der Waals surface area contributed by atoms with Crippen LogP contribution in [0.5, 0.6) is 0 Å². The number of nitrogens with zero attached hydrogens (tertiary/aromatic N) is 2. The van der Waals surface area contributed by atoms with E-state index in [2.05, 4.69) is 10.3 Å². The molecule has 0 saturated carbocycles. The molecule has 0 spiro atoms. The highest BCUT2D eigenvalue weighted by atomic mass is 32.2. The topological polar surface area (TPSA) is 99.6 Å². The second kappa shape index (κ2) is 7.79. The van der Waals surface area contributed by atoms with Gasteiger partial charge in [0, 0.05) is 23.2 Å². The molecule has 3 rings (SSSR count). The molecule has 0 radical (unpaired) electrons. The maximum Gasteiger partial charge on any atom is 0.354 e. The zero-order valence-corrected chi connectivity index (χ0v) is 15.7. The predicted octanol–water partition coefficient (Wildman–Crippen LogP) is 2.55. The van der Waals surface area contributed by atoms with Gasteiger partial charge >= 0.3 is 5.97 Å². The third-order valence-corrected chi connectivity index (χ3v) is 5.55. The number of pyridine rings is 1. The zero-order valence-electron chi connectivity index (χ0n) is 14.9. The number of aromatic carboxylic acids is 1. The number of aryl methyl sites for hydroxylation is 1. The SMILES string of the molecule is Cc1cccc(NC(=O)C2CSCN2C(=O)c2ccnc(C(=O)O)c2)c1C. The average molecular weight is 385 g/mol. The maximum absolute atomic E-state index is 12.8. The van der Waals surface area contributed by atoms with Crippen molar-refractivity contribution in [3.8, 4) is 0 Å². The Morgan fingerprint density at radius 1 is 1.26 bits per heavy atom. The Balaban J connectivity index is 1.79. The predicted molar refractivity (Wildman–Crippen MR) is 103 cm³/mol. The third-order valence-electron chi connectivity index (χ3n) is 4.53. The minimum Gasteiger partial charge on any atom is -0.477 e. The van der Waals surface area contributed by atoms with Gasteiger partial charge in [0.1, 0.15) is 11.7 Å². The number of carbonyl (C=O) groups is 3. The van der Waals surface area contributed by atoms with Crippen LogP contribution in [0.2, 0.25) is 0 Å². The molecule has 1 unspecified atom stereocenters. The number of amides is 2.